The van der Waals surface area contributed by atoms with Gasteiger partial charge in [-0.25, -0.2) is 0 Å². The topological polar surface area (TPSA) is 64.4 Å². The van der Waals surface area contributed by atoms with Crippen LogP contribution in [0, 0.1) is 0 Å². The van der Waals surface area contributed by atoms with Crippen LogP contribution < -0.4 is 10.1 Å². The number of nitrogens with one attached hydrogen (secondary N) is 1. The maximum atomic E-state index is 12.1. The molecule has 2 aromatic heterocycles. The highest BCUT2D eigenvalue weighted by Gasteiger charge is 2.16. The Hall–Kier alpha value is -2.82. The number of furan rings is 1. The van der Waals surface area contributed by atoms with Gasteiger partial charge in [0.25, 0.3) is 0 Å². The Morgan fingerprint density at radius 3 is 2.96 bits per heavy atom. The summed E-state index contributed by atoms with van der Waals surface area (Å²) in [5, 5.41) is 3.93. The number of pyridine rings is 1. The summed E-state index contributed by atoms with van der Waals surface area (Å²) in [4.78, 5) is 16.2. The summed E-state index contributed by atoms with van der Waals surface area (Å²) in [6, 6.07) is 11.3. The molecule has 5 nitrogen and oxygen atoms in total. The molecule has 1 atom stereocenters. The smallest absolute Gasteiger partial charge is 0.220 e. The van der Waals surface area contributed by atoms with Gasteiger partial charge in [-0.15, -0.1) is 0 Å². The van der Waals surface area contributed by atoms with Crippen molar-refractivity contribution in [1.29, 1.82) is 0 Å². The fourth-order valence-electron chi connectivity index (χ4n) is 2.62. The van der Waals surface area contributed by atoms with Crippen LogP contribution in [0.25, 0.3) is 11.0 Å². The molecule has 0 aliphatic rings. The van der Waals surface area contributed by atoms with E-state index in [0.717, 1.165) is 10.9 Å². The number of carbonyl (C=O) groups is 1. The minimum absolute atomic E-state index is 0.0150. The molecule has 0 aliphatic heterocycles. The Labute approximate surface area is 140 Å². The second-order valence-corrected chi connectivity index (χ2v) is 5.68. The molecule has 0 spiro atoms. The predicted molar refractivity (Wildman–Crippen MR) is 91.9 cm³/mol. The average molecular weight is 324 g/mol. The number of ether oxygens (including phenoxy) is 1. The molecule has 0 aliphatic carbocycles. The number of fused-ring (bicyclic) bond motifs is 1. The van der Waals surface area contributed by atoms with Gasteiger partial charge in [0, 0.05) is 24.2 Å². The lowest BCUT2D eigenvalue weighted by atomic mass is 10.1. The van der Waals surface area contributed by atoms with Gasteiger partial charge in [0.2, 0.25) is 5.91 Å². The van der Waals surface area contributed by atoms with Crippen LogP contribution in [0.4, 0.5) is 0 Å². The molecule has 124 valence electrons. The molecule has 0 fully saturated rings. The van der Waals surface area contributed by atoms with E-state index >= 15 is 0 Å². The van der Waals surface area contributed by atoms with Gasteiger partial charge < -0.3 is 14.5 Å². The number of aryl methyl sites for hydroxylation is 1. The van der Waals surface area contributed by atoms with E-state index in [1.165, 1.54) is 0 Å². The number of hydrogen-bond acceptors (Lipinski definition) is 4. The van der Waals surface area contributed by atoms with Crippen LogP contribution in [-0.2, 0) is 11.2 Å². The SMILES string of the molecule is COc1cccc2cc([C@H](C)NC(=O)CCc3cccnc3)oc12. The molecule has 0 bridgehead atoms. The zero-order valence-electron chi connectivity index (χ0n) is 13.8. The summed E-state index contributed by atoms with van der Waals surface area (Å²) in [5.41, 5.74) is 1.75. The Morgan fingerprint density at radius 2 is 2.21 bits per heavy atom. The van der Waals surface area contributed by atoms with E-state index in [-0.39, 0.29) is 11.9 Å². The zero-order chi connectivity index (χ0) is 16.9. The Balaban J connectivity index is 1.64. The molecule has 0 saturated heterocycles. The first kappa shape index (κ1) is 16.1. The lowest BCUT2D eigenvalue weighted by molar-refractivity contribution is -0.121. The van der Waals surface area contributed by atoms with Crippen LogP contribution in [0.2, 0.25) is 0 Å². The Morgan fingerprint density at radius 1 is 1.33 bits per heavy atom. The van der Waals surface area contributed by atoms with Crippen molar-refractivity contribution in [3.63, 3.8) is 0 Å². The maximum Gasteiger partial charge on any atom is 0.220 e. The Bertz CT molecular complexity index is 827. The number of para-hydroxylation sites is 1. The lowest BCUT2D eigenvalue weighted by Crippen LogP contribution is -2.26. The molecule has 0 radical (unpaired) electrons. The van der Waals surface area contributed by atoms with Crippen LogP contribution in [0.3, 0.4) is 0 Å². The number of nitrogens with zero attached hydrogens (tertiary/aromatic N) is 1. The highest BCUT2D eigenvalue weighted by molar-refractivity contribution is 5.84. The third-order valence-electron chi connectivity index (χ3n) is 3.91. The van der Waals surface area contributed by atoms with Gasteiger partial charge in [0.1, 0.15) is 5.76 Å². The molecule has 1 aromatic carbocycles. The summed E-state index contributed by atoms with van der Waals surface area (Å²) in [7, 11) is 1.61. The fraction of sp³-hybridized carbons (Fsp3) is 0.263. The quantitative estimate of drug-likeness (QED) is 0.752. The van der Waals surface area contributed by atoms with Crippen molar-refractivity contribution in [2.45, 2.75) is 25.8 Å². The van der Waals surface area contributed by atoms with Crippen LogP contribution in [0.5, 0.6) is 5.75 Å². The van der Waals surface area contributed by atoms with Crippen molar-refractivity contribution in [2.75, 3.05) is 7.11 Å². The number of amides is 1. The van der Waals surface area contributed by atoms with Gasteiger partial charge >= 0.3 is 0 Å². The van der Waals surface area contributed by atoms with E-state index in [9.17, 15) is 4.79 Å². The lowest BCUT2D eigenvalue weighted by Gasteiger charge is -2.11. The van der Waals surface area contributed by atoms with Crippen molar-refractivity contribution in [3.8, 4) is 5.75 Å². The van der Waals surface area contributed by atoms with E-state index in [0.29, 0.717) is 29.9 Å². The van der Waals surface area contributed by atoms with E-state index in [2.05, 4.69) is 10.3 Å². The first-order valence-electron chi connectivity index (χ1n) is 7.92. The van der Waals surface area contributed by atoms with Crippen molar-refractivity contribution in [3.05, 3.63) is 60.1 Å². The molecule has 3 aromatic rings. The van der Waals surface area contributed by atoms with Gasteiger partial charge in [-0.05, 0) is 37.1 Å². The number of hydrogen-bond donors (Lipinski definition) is 1. The second kappa shape index (κ2) is 7.17. The second-order valence-electron chi connectivity index (χ2n) is 5.68. The van der Waals surface area contributed by atoms with E-state index in [1.54, 1.807) is 19.5 Å². The number of methoxy groups -OCH3 is 1. The van der Waals surface area contributed by atoms with E-state index in [1.807, 2.05) is 43.3 Å². The average Bonchev–Trinajstić information content (AvgIpc) is 3.05. The monoisotopic (exact) mass is 324 g/mol. The first-order valence-corrected chi connectivity index (χ1v) is 7.92. The molecule has 1 N–H and O–H groups in total. The van der Waals surface area contributed by atoms with Crippen molar-refractivity contribution >= 4 is 16.9 Å². The van der Waals surface area contributed by atoms with Gasteiger partial charge in [0.15, 0.2) is 11.3 Å². The summed E-state index contributed by atoms with van der Waals surface area (Å²) in [5.74, 6) is 1.39. The molecule has 3 rings (SSSR count). The summed E-state index contributed by atoms with van der Waals surface area (Å²) in [6.45, 7) is 1.91. The number of benzene rings is 1. The molecular weight excluding hydrogens is 304 g/mol. The van der Waals surface area contributed by atoms with Crippen LogP contribution in [0.1, 0.15) is 30.7 Å². The van der Waals surface area contributed by atoms with Crippen molar-refractivity contribution in [2.24, 2.45) is 0 Å². The number of carbonyl (C=O) groups excluding carboxylic acids is 1. The number of rotatable bonds is 6. The van der Waals surface area contributed by atoms with Gasteiger partial charge in [-0.3, -0.25) is 9.78 Å². The maximum absolute atomic E-state index is 12.1. The van der Waals surface area contributed by atoms with Crippen LogP contribution in [0.15, 0.2) is 53.2 Å². The van der Waals surface area contributed by atoms with Gasteiger partial charge in [0.05, 0.1) is 13.2 Å². The minimum atomic E-state index is -0.205. The summed E-state index contributed by atoms with van der Waals surface area (Å²) < 4.78 is 11.2. The Kier molecular flexibility index (Phi) is 4.79. The molecule has 5 heteroatoms. The largest absolute Gasteiger partial charge is 0.493 e. The molecule has 0 unspecified atom stereocenters. The summed E-state index contributed by atoms with van der Waals surface area (Å²) >= 11 is 0. The molecule has 1 amide bonds. The van der Waals surface area contributed by atoms with Gasteiger partial charge in [-0.1, -0.05) is 18.2 Å². The molecule has 2 heterocycles. The van der Waals surface area contributed by atoms with E-state index in [4.69, 9.17) is 9.15 Å². The third-order valence-corrected chi connectivity index (χ3v) is 3.91. The molecular formula is C19H20N2O3. The third kappa shape index (κ3) is 3.56. The summed E-state index contributed by atoms with van der Waals surface area (Å²) in [6.07, 6.45) is 4.59. The van der Waals surface area contributed by atoms with Crippen LogP contribution >= 0.6 is 0 Å². The van der Waals surface area contributed by atoms with Crippen LogP contribution in [-0.4, -0.2) is 18.0 Å². The van der Waals surface area contributed by atoms with Crippen molar-refractivity contribution in [1.82, 2.24) is 10.3 Å². The highest BCUT2D eigenvalue weighted by Crippen LogP contribution is 2.30. The number of aromatic nitrogens is 1. The first-order chi connectivity index (χ1) is 11.7. The predicted octanol–water partition coefficient (Wildman–Crippen LogP) is 3.65. The van der Waals surface area contributed by atoms with Crippen molar-refractivity contribution < 1.29 is 13.9 Å². The van der Waals surface area contributed by atoms with E-state index < -0.39 is 0 Å². The standard InChI is InChI=1S/C19H20N2O3/c1-13(21-18(22)9-8-14-5-4-10-20-12-14)17-11-15-6-3-7-16(23-2)19(15)24-17/h3-7,10-13H,8-9H2,1-2H3,(H,21,22)/t13-/m0/s1. The fourth-order valence-corrected chi connectivity index (χ4v) is 2.62. The zero-order valence-corrected chi connectivity index (χ0v) is 13.8. The minimum Gasteiger partial charge on any atom is -0.493 e. The molecule has 0 saturated carbocycles. The van der Waals surface area contributed by atoms with Gasteiger partial charge in [-0.2, -0.15) is 0 Å². The molecule has 24 heavy (non-hydrogen) atoms. The normalized spacial score (nSPS) is 12.1. The highest BCUT2D eigenvalue weighted by atomic mass is 16.5.